The average Bonchev–Trinajstić information content (AvgIpc) is 2.89. The van der Waals surface area contributed by atoms with Gasteiger partial charge >= 0.3 is 0 Å². The monoisotopic (exact) mass is 346 g/mol. The Hall–Kier alpha value is -1.66. The van der Waals surface area contributed by atoms with Gasteiger partial charge in [-0.15, -0.1) is 0 Å². The summed E-state index contributed by atoms with van der Waals surface area (Å²) in [6.45, 7) is 11.0. The molecule has 3 heterocycles. The molecule has 0 bridgehead atoms. The largest absolute Gasteiger partial charge is 0.354 e. The number of aromatic nitrogens is 1. The number of carbonyl (C=O) groups excluding carboxylic acids is 2. The van der Waals surface area contributed by atoms with Crippen molar-refractivity contribution in [2.45, 2.75) is 39.7 Å². The number of hydrogen-bond donors (Lipinski definition) is 1. The van der Waals surface area contributed by atoms with Crippen molar-refractivity contribution in [3.63, 3.8) is 0 Å². The molecule has 0 radical (unpaired) electrons. The van der Waals surface area contributed by atoms with Gasteiger partial charge in [0.2, 0.25) is 0 Å². The van der Waals surface area contributed by atoms with E-state index < -0.39 is 0 Å². The third kappa shape index (κ3) is 3.65. The van der Waals surface area contributed by atoms with E-state index in [2.05, 4.69) is 21.8 Å². The molecular formula is C19H30N4O2. The fourth-order valence-corrected chi connectivity index (χ4v) is 4.30. The number of aromatic amines is 1. The summed E-state index contributed by atoms with van der Waals surface area (Å²) in [6.07, 6.45) is 2.45. The Morgan fingerprint density at radius 1 is 1.00 bits per heavy atom. The van der Waals surface area contributed by atoms with Gasteiger partial charge in [-0.25, -0.2) is 0 Å². The highest BCUT2D eigenvalue weighted by atomic mass is 16.2. The fraction of sp³-hybridized carbons (Fsp3) is 0.684. The Morgan fingerprint density at radius 3 is 2.12 bits per heavy atom. The summed E-state index contributed by atoms with van der Waals surface area (Å²) >= 11 is 0. The van der Waals surface area contributed by atoms with E-state index in [0.717, 1.165) is 37.4 Å². The summed E-state index contributed by atoms with van der Waals surface area (Å²) in [7, 11) is 2.18. The van der Waals surface area contributed by atoms with Gasteiger partial charge in [0, 0.05) is 43.5 Å². The van der Waals surface area contributed by atoms with E-state index in [1.807, 2.05) is 18.7 Å². The lowest BCUT2D eigenvalue weighted by molar-refractivity contribution is 0.0470. The zero-order chi connectivity index (χ0) is 18.1. The van der Waals surface area contributed by atoms with Gasteiger partial charge in [-0.3, -0.25) is 14.5 Å². The van der Waals surface area contributed by atoms with Gasteiger partial charge in [0.05, 0.1) is 0 Å². The molecule has 1 N–H and O–H groups in total. The highest BCUT2D eigenvalue weighted by Gasteiger charge is 2.30. The topological polar surface area (TPSA) is 59.7 Å². The molecule has 2 fully saturated rings. The molecule has 2 saturated heterocycles. The number of rotatable bonds is 3. The van der Waals surface area contributed by atoms with Crippen LogP contribution in [-0.4, -0.2) is 83.7 Å². The second-order valence-corrected chi connectivity index (χ2v) is 7.54. The lowest BCUT2D eigenvalue weighted by Gasteiger charge is -2.42. The quantitative estimate of drug-likeness (QED) is 0.846. The predicted molar refractivity (Wildman–Crippen MR) is 98.3 cm³/mol. The van der Waals surface area contributed by atoms with Gasteiger partial charge in [-0.2, -0.15) is 0 Å². The van der Waals surface area contributed by atoms with Crippen molar-refractivity contribution in [3.8, 4) is 0 Å². The lowest BCUT2D eigenvalue weighted by atomic mass is 10.0. The normalized spacial score (nSPS) is 20.9. The van der Waals surface area contributed by atoms with Crippen LogP contribution in [0.5, 0.6) is 0 Å². The van der Waals surface area contributed by atoms with E-state index in [9.17, 15) is 9.59 Å². The van der Waals surface area contributed by atoms with Gasteiger partial charge in [0.15, 0.2) is 5.78 Å². The molecule has 1 aromatic rings. The van der Waals surface area contributed by atoms with E-state index in [1.165, 1.54) is 25.9 Å². The molecule has 0 aliphatic carbocycles. The van der Waals surface area contributed by atoms with E-state index in [4.69, 9.17) is 0 Å². The number of hydrogen-bond acceptors (Lipinski definition) is 4. The Labute approximate surface area is 150 Å². The van der Waals surface area contributed by atoms with Crippen LogP contribution in [0.25, 0.3) is 0 Å². The number of amides is 1. The second kappa shape index (κ2) is 7.30. The number of Topliss-reactive ketones (excluding diaryl/α,β-unsaturated/α-hetero) is 1. The minimum Gasteiger partial charge on any atom is -0.354 e. The predicted octanol–water partition coefficient (Wildman–Crippen LogP) is 1.69. The summed E-state index contributed by atoms with van der Waals surface area (Å²) < 4.78 is 0. The van der Waals surface area contributed by atoms with Crippen LogP contribution < -0.4 is 0 Å². The number of nitrogens with zero attached hydrogens (tertiary/aromatic N) is 3. The molecule has 25 heavy (non-hydrogen) atoms. The maximum Gasteiger partial charge on any atom is 0.270 e. The average molecular weight is 346 g/mol. The lowest BCUT2D eigenvalue weighted by Crippen LogP contribution is -2.54. The summed E-state index contributed by atoms with van der Waals surface area (Å²) in [6, 6.07) is 0.659. The van der Waals surface area contributed by atoms with Crippen molar-refractivity contribution in [3.05, 3.63) is 22.5 Å². The van der Waals surface area contributed by atoms with Crippen molar-refractivity contribution >= 4 is 11.7 Å². The van der Waals surface area contributed by atoms with Gasteiger partial charge in [-0.1, -0.05) is 0 Å². The first-order valence-corrected chi connectivity index (χ1v) is 9.30. The van der Waals surface area contributed by atoms with Crippen LogP contribution in [0.1, 0.15) is 51.9 Å². The van der Waals surface area contributed by atoms with E-state index >= 15 is 0 Å². The van der Waals surface area contributed by atoms with Crippen molar-refractivity contribution in [2.75, 3.05) is 46.3 Å². The Balaban J connectivity index is 1.62. The number of piperazine rings is 1. The summed E-state index contributed by atoms with van der Waals surface area (Å²) in [5, 5.41) is 0. The number of aryl methyl sites for hydroxylation is 1. The van der Waals surface area contributed by atoms with E-state index in [1.54, 1.807) is 6.92 Å². The smallest absolute Gasteiger partial charge is 0.270 e. The molecule has 0 saturated carbocycles. The first kappa shape index (κ1) is 18.1. The Morgan fingerprint density at radius 2 is 1.60 bits per heavy atom. The van der Waals surface area contributed by atoms with Crippen molar-refractivity contribution in [2.24, 2.45) is 0 Å². The molecule has 0 aromatic carbocycles. The summed E-state index contributed by atoms with van der Waals surface area (Å²) in [5.41, 5.74) is 2.81. The maximum absolute atomic E-state index is 12.9. The third-order valence-corrected chi connectivity index (χ3v) is 5.81. The van der Waals surface area contributed by atoms with Crippen LogP contribution in [-0.2, 0) is 0 Å². The van der Waals surface area contributed by atoms with Gasteiger partial charge < -0.3 is 14.8 Å². The second-order valence-electron chi connectivity index (χ2n) is 7.54. The highest BCUT2D eigenvalue weighted by molar-refractivity contribution is 6.02. The molecule has 6 nitrogen and oxygen atoms in total. The fourth-order valence-electron chi connectivity index (χ4n) is 4.30. The first-order chi connectivity index (χ1) is 11.9. The molecule has 138 valence electrons. The van der Waals surface area contributed by atoms with Crippen LogP contribution in [0.15, 0.2) is 0 Å². The first-order valence-electron chi connectivity index (χ1n) is 9.30. The highest BCUT2D eigenvalue weighted by Crippen LogP contribution is 2.22. The molecular weight excluding hydrogens is 316 g/mol. The van der Waals surface area contributed by atoms with Crippen LogP contribution in [0.3, 0.4) is 0 Å². The molecule has 3 rings (SSSR count). The minimum absolute atomic E-state index is 0.0115. The standard InChI is InChI=1S/C19H30N4O2/c1-13-17(15(3)24)14(2)20-18(13)19(25)23-11-9-22(10-12-23)16-5-7-21(4)8-6-16/h16,20H,5-12H2,1-4H3. The summed E-state index contributed by atoms with van der Waals surface area (Å²) in [4.78, 5) is 34.7. The number of ketones is 1. The molecule has 0 unspecified atom stereocenters. The number of likely N-dealkylation sites (tertiary alicyclic amines) is 1. The van der Waals surface area contributed by atoms with E-state index in [0.29, 0.717) is 17.3 Å². The van der Waals surface area contributed by atoms with Crippen molar-refractivity contribution < 1.29 is 9.59 Å². The molecule has 1 aromatic heterocycles. The molecule has 2 aliphatic heterocycles. The molecule has 0 spiro atoms. The third-order valence-electron chi connectivity index (χ3n) is 5.81. The van der Waals surface area contributed by atoms with Gasteiger partial charge in [0.25, 0.3) is 5.91 Å². The van der Waals surface area contributed by atoms with E-state index in [-0.39, 0.29) is 11.7 Å². The van der Waals surface area contributed by atoms with Crippen LogP contribution in [0, 0.1) is 13.8 Å². The van der Waals surface area contributed by atoms with Crippen molar-refractivity contribution in [1.82, 2.24) is 19.7 Å². The van der Waals surface area contributed by atoms with Crippen LogP contribution in [0.2, 0.25) is 0 Å². The van der Waals surface area contributed by atoms with Gasteiger partial charge in [0.1, 0.15) is 5.69 Å². The number of nitrogens with one attached hydrogen (secondary N) is 1. The van der Waals surface area contributed by atoms with Crippen molar-refractivity contribution in [1.29, 1.82) is 0 Å². The summed E-state index contributed by atoms with van der Waals surface area (Å²) in [5.74, 6) is 0.0357. The zero-order valence-electron chi connectivity index (χ0n) is 15.9. The zero-order valence-corrected chi connectivity index (χ0v) is 15.9. The Kier molecular flexibility index (Phi) is 5.29. The number of carbonyl (C=O) groups is 2. The Bertz CT molecular complexity index is 651. The molecule has 2 aliphatic rings. The SMILES string of the molecule is CC(=O)c1c(C)[nH]c(C(=O)N2CCN(C3CCN(C)CC3)CC2)c1C. The molecule has 0 atom stereocenters. The minimum atomic E-state index is 0.0115. The van der Waals surface area contributed by atoms with Crippen LogP contribution >= 0.6 is 0 Å². The number of piperidine rings is 1. The molecule has 6 heteroatoms. The van der Waals surface area contributed by atoms with Crippen LogP contribution in [0.4, 0.5) is 0 Å². The molecule has 1 amide bonds. The van der Waals surface area contributed by atoms with Gasteiger partial charge in [-0.05, 0) is 59.3 Å². The number of H-pyrrole nitrogens is 1. The maximum atomic E-state index is 12.9.